The number of carbonyl (C=O) groups excluding carboxylic acids is 1. The number of nitrogens with one attached hydrogen (secondary N) is 1. The molecular weight excluding hydrogens is 238 g/mol. The summed E-state index contributed by atoms with van der Waals surface area (Å²) in [6.45, 7) is 17.5. The van der Waals surface area contributed by atoms with Crippen LogP contribution >= 0.6 is 0 Å². The molecule has 0 spiro atoms. The van der Waals surface area contributed by atoms with Gasteiger partial charge in [0, 0.05) is 6.54 Å². The molecule has 0 aromatic heterocycles. The Morgan fingerprint density at radius 1 is 1.00 bits per heavy atom. The van der Waals surface area contributed by atoms with Gasteiger partial charge in [-0.1, -0.05) is 47.5 Å². The van der Waals surface area contributed by atoms with E-state index in [1.165, 1.54) is 12.8 Å². The number of alkyl carbamates (subject to hydrolysis) is 1. The Morgan fingerprint density at radius 3 is 1.84 bits per heavy atom. The lowest BCUT2D eigenvalue weighted by Gasteiger charge is -2.36. The van der Waals surface area contributed by atoms with Gasteiger partial charge in [-0.3, -0.25) is 0 Å². The summed E-state index contributed by atoms with van der Waals surface area (Å²) in [5.74, 6) is 0. The number of amides is 1. The van der Waals surface area contributed by atoms with Gasteiger partial charge in [-0.05, 0) is 38.0 Å². The molecule has 0 aromatic carbocycles. The minimum Gasteiger partial charge on any atom is -0.444 e. The van der Waals surface area contributed by atoms with Crippen LogP contribution in [0, 0.1) is 10.8 Å². The Hall–Kier alpha value is -0.730. The lowest BCUT2D eigenvalue weighted by atomic mass is 9.71. The molecular formula is C16H33NO2. The number of ether oxygens (including phenoxy) is 1. The van der Waals surface area contributed by atoms with Gasteiger partial charge in [-0.25, -0.2) is 4.79 Å². The Kier molecular flexibility index (Phi) is 6.37. The predicted octanol–water partition coefficient (Wildman–Crippen LogP) is 4.75. The number of rotatable bonds is 6. The van der Waals surface area contributed by atoms with Gasteiger partial charge in [-0.2, -0.15) is 0 Å². The second-order valence-corrected chi connectivity index (χ2v) is 7.71. The monoisotopic (exact) mass is 271 g/mol. The summed E-state index contributed by atoms with van der Waals surface area (Å²) in [5.41, 5.74) is -0.00758. The first kappa shape index (κ1) is 18.3. The summed E-state index contributed by atoms with van der Waals surface area (Å²) in [7, 11) is 0. The highest BCUT2D eigenvalue weighted by molar-refractivity contribution is 5.67. The smallest absolute Gasteiger partial charge is 0.407 e. The van der Waals surface area contributed by atoms with Crippen molar-refractivity contribution < 1.29 is 9.53 Å². The summed E-state index contributed by atoms with van der Waals surface area (Å²) in [6, 6.07) is 0. The van der Waals surface area contributed by atoms with Crippen LogP contribution in [0.2, 0.25) is 0 Å². The molecule has 0 saturated carbocycles. The van der Waals surface area contributed by atoms with Crippen molar-refractivity contribution in [3.05, 3.63) is 0 Å². The molecule has 0 aliphatic carbocycles. The Balaban J connectivity index is 4.35. The van der Waals surface area contributed by atoms with Crippen molar-refractivity contribution in [2.75, 3.05) is 6.54 Å². The second-order valence-electron chi connectivity index (χ2n) is 7.71. The molecule has 0 aliphatic rings. The maximum absolute atomic E-state index is 11.7. The summed E-state index contributed by atoms with van der Waals surface area (Å²) in [6.07, 6.45) is 3.11. The standard InChI is InChI=1S/C16H33NO2/c1-9-16(8,10-2)11-15(6,7)12-17-13(18)19-14(3,4)5/h9-12H2,1-8H3,(H,17,18). The van der Waals surface area contributed by atoms with Gasteiger partial charge in [0.2, 0.25) is 0 Å². The summed E-state index contributed by atoms with van der Waals surface area (Å²) in [5, 5.41) is 2.89. The van der Waals surface area contributed by atoms with Crippen molar-refractivity contribution >= 4 is 6.09 Å². The Morgan fingerprint density at radius 2 is 1.47 bits per heavy atom. The number of carbonyl (C=O) groups is 1. The zero-order valence-electron chi connectivity index (χ0n) is 14.1. The molecule has 3 heteroatoms. The van der Waals surface area contributed by atoms with Crippen molar-refractivity contribution in [1.29, 1.82) is 0 Å². The van der Waals surface area contributed by atoms with Crippen molar-refractivity contribution in [2.45, 2.75) is 80.3 Å². The van der Waals surface area contributed by atoms with E-state index in [0.717, 1.165) is 6.42 Å². The summed E-state index contributed by atoms with van der Waals surface area (Å²) in [4.78, 5) is 11.7. The topological polar surface area (TPSA) is 38.3 Å². The van der Waals surface area contributed by atoms with Crippen LogP contribution in [0.15, 0.2) is 0 Å². The van der Waals surface area contributed by atoms with E-state index in [9.17, 15) is 4.79 Å². The van der Waals surface area contributed by atoms with Crippen LogP contribution in [-0.2, 0) is 4.74 Å². The molecule has 1 amide bonds. The van der Waals surface area contributed by atoms with E-state index in [2.05, 4.69) is 39.9 Å². The first-order chi connectivity index (χ1) is 8.43. The van der Waals surface area contributed by atoms with Gasteiger partial charge in [0.1, 0.15) is 5.60 Å². The highest BCUT2D eigenvalue weighted by Gasteiger charge is 2.30. The van der Waals surface area contributed by atoms with Crippen molar-refractivity contribution in [2.24, 2.45) is 10.8 Å². The normalized spacial score (nSPS) is 13.3. The van der Waals surface area contributed by atoms with E-state index in [1.54, 1.807) is 0 Å². The average molecular weight is 271 g/mol. The summed E-state index contributed by atoms with van der Waals surface area (Å²) < 4.78 is 5.27. The fraction of sp³-hybridized carbons (Fsp3) is 0.938. The molecule has 0 fully saturated rings. The van der Waals surface area contributed by atoms with Crippen LogP contribution in [0.5, 0.6) is 0 Å². The molecule has 0 heterocycles. The molecule has 19 heavy (non-hydrogen) atoms. The van der Waals surface area contributed by atoms with Gasteiger partial charge in [0.05, 0.1) is 0 Å². The Labute approximate surface area is 119 Å². The lowest BCUT2D eigenvalue weighted by molar-refractivity contribution is 0.0488. The molecule has 1 N–H and O–H groups in total. The first-order valence-electron chi connectivity index (χ1n) is 7.40. The van der Waals surface area contributed by atoms with Gasteiger partial charge < -0.3 is 10.1 Å². The van der Waals surface area contributed by atoms with Crippen molar-refractivity contribution in [1.82, 2.24) is 5.32 Å². The molecule has 3 nitrogen and oxygen atoms in total. The summed E-state index contributed by atoms with van der Waals surface area (Å²) >= 11 is 0. The maximum Gasteiger partial charge on any atom is 0.407 e. The van der Waals surface area contributed by atoms with Crippen LogP contribution in [0.25, 0.3) is 0 Å². The van der Waals surface area contributed by atoms with E-state index >= 15 is 0 Å². The zero-order valence-corrected chi connectivity index (χ0v) is 14.1. The molecule has 0 unspecified atom stereocenters. The van der Waals surface area contributed by atoms with Crippen molar-refractivity contribution in [3.63, 3.8) is 0 Å². The second kappa shape index (κ2) is 6.62. The van der Waals surface area contributed by atoms with Crippen molar-refractivity contribution in [3.8, 4) is 0 Å². The lowest BCUT2D eigenvalue weighted by Crippen LogP contribution is -2.39. The molecule has 0 aromatic rings. The van der Waals surface area contributed by atoms with Crippen LogP contribution in [-0.4, -0.2) is 18.2 Å². The van der Waals surface area contributed by atoms with E-state index in [0.29, 0.717) is 12.0 Å². The zero-order chi connectivity index (χ0) is 15.3. The molecule has 0 atom stereocenters. The third kappa shape index (κ3) is 8.12. The number of hydrogen-bond donors (Lipinski definition) is 1. The third-order valence-corrected chi connectivity index (χ3v) is 3.72. The fourth-order valence-electron chi connectivity index (χ4n) is 2.34. The molecule has 0 aliphatic heterocycles. The number of hydrogen-bond acceptors (Lipinski definition) is 2. The van der Waals surface area contributed by atoms with E-state index in [1.807, 2.05) is 20.8 Å². The minimum atomic E-state index is -0.435. The van der Waals surface area contributed by atoms with E-state index in [-0.39, 0.29) is 11.5 Å². The SMILES string of the molecule is CCC(C)(CC)CC(C)(C)CNC(=O)OC(C)(C)C. The molecule has 0 radical (unpaired) electrons. The maximum atomic E-state index is 11.7. The molecule has 0 bridgehead atoms. The highest BCUT2D eigenvalue weighted by Crippen LogP contribution is 2.38. The van der Waals surface area contributed by atoms with E-state index < -0.39 is 5.60 Å². The molecule has 114 valence electrons. The van der Waals surface area contributed by atoms with Crippen LogP contribution in [0.1, 0.15) is 74.7 Å². The van der Waals surface area contributed by atoms with Crippen LogP contribution < -0.4 is 5.32 Å². The van der Waals surface area contributed by atoms with Gasteiger partial charge >= 0.3 is 6.09 Å². The quantitative estimate of drug-likeness (QED) is 0.756. The van der Waals surface area contributed by atoms with Crippen LogP contribution in [0.4, 0.5) is 4.79 Å². The largest absolute Gasteiger partial charge is 0.444 e. The minimum absolute atomic E-state index is 0.0810. The molecule has 0 rings (SSSR count). The van der Waals surface area contributed by atoms with Crippen LogP contribution in [0.3, 0.4) is 0 Å². The Bertz CT molecular complexity index is 286. The fourth-order valence-corrected chi connectivity index (χ4v) is 2.34. The van der Waals surface area contributed by atoms with E-state index in [4.69, 9.17) is 4.74 Å². The predicted molar refractivity (Wildman–Crippen MR) is 81.3 cm³/mol. The highest BCUT2D eigenvalue weighted by atomic mass is 16.6. The van der Waals surface area contributed by atoms with Gasteiger partial charge in [-0.15, -0.1) is 0 Å². The van der Waals surface area contributed by atoms with Gasteiger partial charge in [0.25, 0.3) is 0 Å². The van der Waals surface area contributed by atoms with Gasteiger partial charge in [0.15, 0.2) is 0 Å². The molecule has 0 saturated heterocycles. The third-order valence-electron chi connectivity index (χ3n) is 3.72. The first-order valence-corrected chi connectivity index (χ1v) is 7.40. The average Bonchev–Trinajstić information content (AvgIpc) is 2.24.